The molecule has 0 aromatic rings. The third-order valence-corrected chi connectivity index (χ3v) is 5.13. The van der Waals surface area contributed by atoms with Crippen molar-refractivity contribution in [2.24, 2.45) is 17.8 Å². The molecular formula is C14H25BrO2. The first kappa shape index (κ1) is 13.8. The van der Waals surface area contributed by atoms with Crippen molar-refractivity contribution in [1.29, 1.82) is 0 Å². The number of hydrogen-bond acceptors (Lipinski definition) is 2. The van der Waals surface area contributed by atoms with Gasteiger partial charge in [0.25, 0.3) is 0 Å². The Kier molecular flexibility index (Phi) is 4.90. The Bertz CT molecular complexity index is 244. The highest BCUT2D eigenvalue weighted by molar-refractivity contribution is 9.09. The molecule has 2 aliphatic rings. The Morgan fingerprint density at radius 2 is 2.00 bits per heavy atom. The summed E-state index contributed by atoms with van der Waals surface area (Å²) in [5, 5.41) is 0. The van der Waals surface area contributed by atoms with E-state index in [0.717, 1.165) is 18.9 Å². The molecule has 2 rings (SSSR count). The van der Waals surface area contributed by atoms with Crippen molar-refractivity contribution in [3.63, 3.8) is 0 Å². The van der Waals surface area contributed by atoms with Crippen molar-refractivity contribution in [1.82, 2.24) is 0 Å². The van der Waals surface area contributed by atoms with E-state index in [0.29, 0.717) is 22.8 Å². The fourth-order valence-electron chi connectivity index (χ4n) is 3.11. The number of hydrogen-bond donors (Lipinski definition) is 0. The lowest BCUT2D eigenvalue weighted by Crippen LogP contribution is -2.38. The molecule has 100 valence electrons. The van der Waals surface area contributed by atoms with E-state index in [4.69, 9.17) is 9.47 Å². The maximum absolute atomic E-state index is 6.24. The van der Waals surface area contributed by atoms with Crippen molar-refractivity contribution in [2.75, 3.05) is 6.61 Å². The molecule has 0 N–H and O–H groups in total. The molecule has 0 radical (unpaired) electrons. The SMILES string of the molecule is CC(C)[C@@H]1CC[C@H](C)C[C@H]1O[C@H]1OCC[C@@H]1Br. The minimum absolute atomic E-state index is 0.0217. The van der Waals surface area contributed by atoms with Gasteiger partial charge in [0.2, 0.25) is 0 Å². The molecule has 5 atom stereocenters. The first-order valence-electron chi connectivity index (χ1n) is 6.99. The van der Waals surface area contributed by atoms with Crippen molar-refractivity contribution < 1.29 is 9.47 Å². The molecule has 0 aromatic heterocycles. The van der Waals surface area contributed by atoms with Gasteiger partial charge in [0.1, 0.15) is 0 Å². The summed E-state index contributed by atoms with van der Waals surface area (Å²) < 4.78 is 11.9. The van der Waals surface area contributed by atoms with E-state index in [1.807, 2.05) is 0 Å². The summed E-state index contributed by atoms with van der Waals surface area (Å²) in [4.78, 5) is 0.382. The molecule has 2 nitrogen and oxygen atoms in total. The van der Waals surface area contributed by atoms with Crippen LogP contribution in [-0.4, -0.2) is 23.8 Å². The zero-order chi connectivity index (χ0) is 12.4. The largest absolute Gasteiger partial charge is 0.351 e. The van der Waals surface area contributed by atoms with Gasteiger partial charge < -0.3 is 9.47 Å². The summed E-state index contributed by atoms with van der Waals surface area (Å²) in [6.07, 6.45) is 5.30. The normalized spacial score (nSPS) is 43.2. The summed E-state index contributed by atoms with van der Waals surface area (Å²) in [6.45, 7) is 7.81. The smallest absolute Gasteiger partial charge is 0.170 e. The van der Waals surface area contributed by atoms with Crippen LogP contribution >= 0.6 is 15.9 Å². The minimum Gasteiger partial charge on any atom is -0.351 e. The standard InChI is InChI=1S/C14H25BrO2/c1-9(2)11-5-4-10(3)8-13(11)17-14-12(15)6-7-16-14/h9-14H,4-8H2,1-3H3/t10-,11-,12-,13+,14+/m0/s1. The lowest BCUT2D eigenvalue weighted by Gasteiger charge is -2.38. The molecule has 0 bridgehead atoms. The average Bonchev–Trinajstić information content (AvgIpc) is 2.64. The van der Waals surface area contributed by atoms with Crippen LogP contribution in [0.25, 0.3) is 0 Å². The second-order valence-electron chi connectivity index (χ2n) is 6.04. The van der Waals surface area contributed by atoms with Gasteiger partial charge >= 0.3 is 0 Å². The molecule has 0 amide bonds. The number of halogens is 1. The van der Waals surface area contributed by atoms with Crippen molar-refractivity contribution in [3.8, 4) is 0 Å². The van der Waals surface area contributed by atoms with Gasteiger partial charge in [-0.15, -0.1) is 0 Å². The highest BCUT2D eigenvalue weighted by atomic mass is 79.9. The summed E-state index contributed by atoms with van der Waals surface area (Å²) >= 11 is 3.65. The fraction of sp³-hybridized carbons (Fsp3) is 1.00. The summed E-state index contributed by atoms with van der Waals surface area (Å²) in [7, 11) is 0. The molecule has 0 aromatic carbocycles. The van der Waals surface area contributed by atoms with Crippen molar-refractivity contribution in [3.05, 3.63) is 0 Å². The van der Waals surface area contributed by atoms with E-state index >= 15 is 0 Å². The van der Waals surface area contributed by atoms with Crippen LogP contribution < -0.4 is 0 Å². The first-order valence-corrected chi connectivity index (χ1v) is 7.90. The number of rotatable bonds is 3. The van der Waals surface area contributed by atoms with Gasteiger partial charge in [-0.3, -0.25) is 0 Å². The quantitative estimate of drug-likeness (QED) is 0.734. The molecule has 1 heterocycles. The van der Waals surface area contributed by atoms with Gasteiger partial charge in [0.15, 0.2) is 6.29 Å². The van der Waals surface area contributed by atoms with Crippen LogP contribution in [-0.2, 0) is 9.47 Å². The van der Waals surface area contributed by atoms with Gasteiger partial charge in [-0.25, -0.2) is 0 Å². The highest BCUT2D eigenvalue weighted by Gasteiger charge is 2.36. The fourth-order valence-corrected chi connectivity index (χ4v) is 3.57. The Hall–Kier alpha value is 0.400. The van der Waals surface area contributed by atoms with E-state index in [9.17, 15) is 0 Å². The lowest BCUT2D eigenvalue weighted by atomic mass is 9.75. The molecular weight excluding hydrogens is 280 g/mol. The monoisotopic (exact) mass is 304 g/mol. The molecule has 0 spiro atoms. The zero-order valence-corrected chi connectivity index (χ0v) is 12.8. The molecule has 1 saturated carbocycles. The predicted octanol–water partition coefficient (Wildman–Crippen LogP) is 3.97. The maximum atomic E-state index is 6.24. The molecule has 3 heteroatoms. The second-order valence-corrected chi connectivity index (χ2v) is 7.22. The van der Waals surface area contributed by atoms with Crippen LogP contribution in [0, 0.1) is 17.8 Å². The Morgan fingerprint density at radius 1 is 1.24 bits per heavy atom. The van der Waals surface area contributed by atoms with Gasteiger partial charge in [0, 0.05) is 0 Å². The second kappa shape index (κ2) is 6.03. The predicted molar refractivity (Wildman–Crippen MR) is 73.3 cm³/mol. The van der Waals surface area contributed by atoms with E-state index < -0.39 is 0 Å². The van der Waals surface area contributed by atoms with Crippen molar-refractivity contribution >= 4 is 15.9 Å². The van der Waals surface area contributed by atoms with Crippen LogP contribution in [0.4, 0.5) is 0 Å². The molecule has 2 fully saturated rings. The van der Waals surface area contributed by atoms with Gasteiger partial charge in [-0.1, -0.05) is 43.1 Å². The third-order valence-electron chi connectivity index (χ3n) is 4.24. The maximum Gasteiger partial charge on any atom is 0.170 e. The molecule has 17 heavy (non-hydrogen) atoms. The van der Waals surface area contributed by atoms with E-state index in [2.05, 4.69) is 36.7 Å². The van der Waals surface area contributed by atoms with Crippen LogP contribution in [0.2, 0.25) is 0 Å². The molecule has 1 aliphatic heterocycles. The minimum atomic E-state index is -0.0217. The summed E-state index contributed by atoms with van der Waals surface area (Å²) in [6, 6.07) is 0. The van der Waals surface area contributed by atoms with Crippen LogP contribution in [0.3, 0.4) is 0 Å². The van der Waals surface area contributed by atoms with Crippen molar-refractivity contribution in [2.45, 2.75) is 63.7 Å². The summed E-state index contributed by atoms with van der Waals surface area (Å²) in [5.41, 5.74) is 0. The molecule has 1 aliphatic carbocycles. The zero-order valence-electron chi connectivity index (χ0n) is 11.2. The van der Waals surface area contributed by atoms with Crippen LogP contribution in [0.1, 0.15) is 46.5 Å². The third kappa shape index (κ3) is 3.45. The number of ether oxygens (including phenoxy) is 2. The van der Waals surface area contributed by atoms with E-state index in [1.165, 1.54) is 19.3 Å². The topological polar surface area (TPSA) is 18.5 Å². The van der Waals surface area contributed by atoms with Gasteiger partial charge in [0.05, 0.1) is 17.5 Å². The number of alkyl halides is 1. The lowest BCUT2D eigenvalue weighted by molar-refractivity contribution is -0.171. The summed E-state index contributed by atoms with van der Waals surface area (Å²) in [5.74, 6) is 2.21. The van der Waals surface area contributed by atoms with Crippen LogP contribution in [0.15, 0.2) is 0 Å². The molecule has 1 saturated heterocycles. The van der Waals surface area contributed by atoms with Crippen LogP contribution in [0.5, 0.6) is 0 Å². The van der Waals surface area contributed by atoms with Gasteiger partial charge in [-0.2, -0.15) is 0 Å². The molecule has 0 unspecified atom stereocenters. The Morgan fingerprint density at radius 3 is 2.59 bits per heavy atom. The van der Waals surface area contributed by atoms with E-state index in [1.54, 1.807) is 0 Å². The van der Waals surface area contributed by atoms with Gasteiger partial charge in [-0.05, 0) is 37.0 Å². The Balaban J connectivity index is 1.94. The Labute approximate surface area is 114 Å². The average molecular weight is 305 g/mol. The first-order chi connectivity index (χ1) is 8.08. The highest BCUT2D eigenvalue weighted by Crippen LogP contribution is 2.37. The van der Waals surface area contributed by atoms with E-state index in [-0.39, 0.29) is 6.29 Å².